The predicted octanol–water partition coefficient (Wildman–Crippen LogP) is 0.760. The van der Waals surface area contributed by atoms with Crippen LogP contribution >= 0.6 is 0 Å². The van der Waals surface area contributed by atoms with Gasteiger partial charge in [-0.25, -0.2) is 9.50 Å². The Labute approximate surface area is 140 Å². The van der Waals surface area contributed by atoms with E-state index in [1.807, 2.05) is 22.3 Å². The molecule has 8 heteroatoms. The first-order valence-corrected chi connectivity index (χ1v) is 8.35. The summed E-state index contributed by atoms with van der Waals surface area (Å²) in [7, 11) is 0. The lowest BCUT2D eigenvalue weighted by Crippen LogP contribution is -2.47. The highest BCUT2D eigenvalue weighted by Crippen LogP contribution is 2.16. The van der Waals surface area contributed by atoms with Crippen molar-refractivity contribution in [3.8, 4) is 0 Å². The maximum Gasteiger partial charge on any atom is 0.154 e. The lowest BCUT2D eigenvalue weighted by Gasteiger charge is -2.35. The maximum absolute atomic E-state index is 4.77. The zero-order valence-corrected chi connectivity index (χ0v) is 14.1. The summed E-state index contributed by atoms with van der Waals surface area (Å²) in [6.07, 6.45) is 3.63. The Kier molecular flexibility index (Phi) is 3.89. The summed E-state index contributed by atoms with van der Waals surface area (Å²) in [6, 6.07) is 4.13. The molecular formula is C16H22N8. The lowest BCUT2D eigenvalue weighted by molar-refractivity contribution is 0.243. The van der Waals surface area contributed by atoms with Gasteiger partial charge in [-0.2, -0.15) is 0 Å². The van der Waals surface area contributed by atoms with Crippen molar-refractivity contribution in [1.29, 1.82) is 0 Å². The van der Waals surface area contributed by atoms with Crippen molar-refractivity contribution in [2.45, 2.75) is 20.4 Å². The van der Waals surface area contributed by atoms with Crippen molar-refractivity contribution < 1.29 is 0 Å². The number of rotatable bonds is 4. The largest absolute Gasteiger partial charge is 0.353 e. The van der Waals surface area contributed by atoms with Crippen molar-refractivity contribution in [1.82, 2.24) is 34.5 Å². The van der Waals surface area contributed by atoms with Gasteiger partial charge in [0.05, 0.1) is 24.1 Å². The minimum atomic E-state index is 0.887. The van der Waals surface area contributed by atoms with Crippen LogP contribution in [0.4, 0.5) is 5.82 Å². The van der Waals surface area contributed by atoms with Gasteiger partial charge in [-0.3, -0.25) is 9.58 Å². The second kappa shape index (κ2) is 6.20. The second-order valence-electron chi connectivity index (χ2n) is 6.24. The van der Waals surface area contributed by atoms with Crippen molar-refractivity contribution in [3.63, 3.8) is 0 Å². The van der Waals surface area contributed by atoms with Crippen LogP contribution in [0.25, 0.3) is 5.65 Å². The van der Waals surface area contributed by atoms with Gasteiger partial charge in [-0.15, -0.1) is 10.2 Å². The third kappa shape index (κ3) is 2.84. The molecule has 4 rings (SSSR count). The summed E-state index contributed by atoms with van der Waals surface area (Å²) in [4.78, 5) is 9.33. The summed E-state index contributed by atoms with van der Waals surface area (Å²) in [5.74, 6) is 1.03. The Hall–Kier alpha value is -2.48. The minimum absolute atomic E-state index is 0.887. The Morgan fingerprint density at radius 1 is 1.04 bits per heavy atom. The molecule has 3 aromatic heterocycles. The number of hydrogen-bond donors (Lipinski definition) is 0. The summed E-state index contributed by atoms with van der Waals surface area (Å²) < 4.78 is 3.83. The fourth-order valence-electron chi connectivity index (χ4n) is 3.11. The van der Waals surface area contributed by atoms with E-state index in [2.05, 4.69) is 44.2 Å². The molecule has 0 bridgehead atoms. The Morgan fingerprint density at radius 2 is 1.88 bits per heavy atom. The number of aromatic nitrogens is 6. The van der Waals surface area contributed by atoms with Crippen LogP contribution in [0, 0.1) is 13.8 Å². The molecule has 0 unspecified atom stereocenters. The number of anilines is 1. The van der Waals surface area contributed by atoms with Crippen LogP contribution in [0.5, 0.6) is 0 Å². The summed E-state index contributed by atoms with van der Waals surface area (Å²) >= 11 is 0. The Morgan fingerprint density at radius 3 is 2.62 bits per heavy atom. The van der Waals surface area contributed by atoms with Crippen molar-refractivity contribution in [3.05, 3.63) is 35.9 Å². The molecule has 126 valence electrons. The first-order chi connectivity index (χ1) is 11.7. The molecule has 1 aliphatic rings. The fourth-order valence-corrected chi connectivity index (χ4v) is 3.11. The minimum Gasteiger partial charge on any atom is -0.353 e. The molecule has 1 saturated heterocycles. The summed E-state index contributed by atoms with van der Waals surface area (Å²) in [5, 5.41) is 12.6. The summed E-state index contributed by atoms with van der Waals surface area (Å²) in [6.45, 7) is 10.0. The van der Waals surface area contributed by atoms with Gasteiger partial charge in [0.1, 0.15) is 5.82 Å². The van der Waals surface area contributed by atoms with Gasteiger partial charge in [0.15, 0.2) is 5.65 Å². The molecular weight excluding hydrogens is 304 g/mol. The maximum atomic E-state index is 4.77. The smallest absolute Gasteiger partial charge is 0.154 e. The first kappa shape index (κ1) is 15.1. The molecule has 0 N–H and O–H groups in total. The fraction of sp³-hybridized carbons (Fsp3) is 0.500. The molecule has 0 spiro atoms. The molecule has 0 atom stereocenters. The SMILES string of the molecule is Cc1nc2ccc(N3CCN(CCn4ccnn4)CC3)nn2c1C. The van der Waals surface area contributed by atoms with Gasteiger partial charge in [0.2, 0.25) is 0 Å². The predicted molar refractivity (Wildman–Crippen MR) is 91.1 cm³/mol. The highest BCUT2D eigenvalue weighted by molar-refractivity contribution is 5.48. The third-order valence-corrected chi connectivity index (χ3v) is 4.74. The van der Waals surface area contributed by atoms with Crippen molar-refractivity contribution in [2.75, 3.05) is 37.6 Å². The summed E-state index contributed by atoms with van der Waals surface area (Å²) in [5.41, 5.74) is 3.07. The van der Waals surface area contributed by atoms with Crippen molar-refractivity contribution >= 4 is 11.5 Å². The van der Waals surface area contributed by atoms with Crippen LogP contribution in [-0.2, 0) is 6.54 Å². The number of nitrogens with zero attached hydrogens (tertiary/aromatic N) is 8. The van der Waals surface area contributed by atoms with Gasteiger partial charge < -0.3 is 4.90 Å². The molecule has 0 radical (unpaired) electrons. The number of aryl methyl sites for hydroxylation is 2. The molecule has 0 amide bonds. The standard InChI is InChI=1S/C16H22N8/c1-13-14(2)24-15(18-13)3-4-16(19-24)22-10-7-21(8-11-22)9-12-23-6-5-17-20-23/h3-6H,7-12H2,1-2H3. The van der Waals surface area contributed by atoms with Gasteiger partial charge in [0.25, 0.3) is 0 Å². The van der Waals surface area contributed by atoms with Gasteiger partial charge in [0, 0.05) is 38.9 Å². The quantitative estimate of drug-likeness (QED) is 0.705. The van der Waals surface area contributed by atoms with Crippen molar-refractivity contribution in [2.24, 2.45) is 0 Å². The molecule has 0 saturated carbocycles. The zero-order valence-electron chi connectivity index (χ0n) is 14.1. The van der Waals surface area contributed by atoms with Crippen LogP contribution in [0.1, 0.15) is 11.4 Å². The monoisotopic (exact) mass is 326 g/mol. The van der Waals surface area contributed by atoms with Gasteiger partial charge >= 0.3 is 0 Å². The molecule has 1 fully saturated rings. The highest BCUT2D eigenvalue weighted by atomic mass is 15.4. The zero-order chi connectivity index (χ0) is 16.5. The number of imidazole rings is 1. The van der Waals surface area contributed by atoms with E-state index in [0.717, 1.165) is 62.1 Å². The number of fused-ring (bicyclic) bond motifs is 1. The van der Waals surface area contributed by atoms with E-state index in [4.69, 9.17) is 5.10 Å². The average molecular weight is 326 g/mol. The van der Waals surface area contributed by atoms with Crippen LogP contribution in [0.3, 0.4) is 0 Å². The Bertz CT molecular complexity index is 814. The van der Waals surface area contributed by atoms with E-state index in [-0.39, 0.29) is 0 Å². The highest BCUT2D eigenvalue weighted by Gasteiger charge is 2.19. The second-order valence-corrected chi connectivity index (χ2v) is 6.24. The van der Waals surface area contributed by atoms with E-state index < -0.39 is 0 Å². The molecule has 0 aromatic carbocycles. The molecule has 3 aromatic rings. The van der Waals surface area contributed by atoms with Crippen LogP contribution < -0.4 is 4.90 Å². The average Bonchev–Trinajstić information content (AvgIpc) is 3.22. The van der Waals surface area contributed by atoms with Gasteiger partial charge in [-0.1, -0.05) is 5.21 Å². The normalized spacial score (nSPS) is 16.2. The van der Waals surface area contributed by atoms with Crippen LogP contribution in [-0.4, -0.2) is 67.2 Å². The van der Waals surface area contributed by atoms with Crippen LogP contribution in [0.2, 0.25) is 0 Å². The molecule has 4 heterocycles. The third-order valence-electron chi connectivity index (χ3n) is 4.74. The number of hydrogen-bond acceptors (Lipinski definition) is 6. The van der Waals surface area contributed by atoms with E-state index in [9.17, 15) is 0 Å². The first-order valence-electron chi connectivity index (χ1n) is 8.35. The molecule has 24 heavy (non-hydrogen) atoms. The topological polar surface area (TPSA) is 67.4 Å². The lowest BCUT2D eigenvalue weighted by atomic mass is 10.3. The molecule has 0 aliphatic carbocycles. The Balaban J connectivity index is 1.39. The molecule has 1 aliphatic heterocycles. The van der Waals surface area contributed by atoms with E-state index >= 15 is 0 Å². The van der Waals surface area contributed by atoms with E-state index in [1.54, 1.807) is 6.20 Å². The van der Waals surface area contributed by atoms with E-state index in [0.29, 0.717) is 0 Å². The molecule has 8 nitrogen and oxygen atoms in total. The van der Waals surface area contributed by atoms with Gasteiger partial charge in [-0.05, 0) is 26.0 Å². The number of piperazine rings is 1. The van der Waals surface area contributed by atoms with E-state index in [1.165, 1.54) is 0 Å². The van der Waals surface area contributed by atoms with Crippen LogP contribution in [0.15, 0.2) is 24.5 Å².